The first-order valence-electron chi connectivity index (χ1n) is 13.3. The maximum atomic E-state index is 5.53. The molecule has 0 saturated heterocycles. The van der Waals surface area contributed by atoms with Crippen LogP contribution in [0.15, 0.2) is 71.1 Å². The molecule has 0 saturated carbocycles. The molecule has 0 amide bonds. The summed E-state index contributed by atoms with van der Waals surface area (Å²) in [6.45, 7) is 15.2. The highest BCUT2D eigenvalue weighted by atomic mass is 15.1. The average Bonchev–Trinajstić information content (AvgIpc) is 2.86. The van der Waals surface area contributed by atoms with Crippen LogP contribution in [0.3, 0.4) is 0 Å². The summed E-state index contributed by atoms with van der Waals surface area (Å²) < 4.78 is 0. The molecule has 188 valence electrons. The third kappa shape index (κ3) is 7.79. The van der Waals surface area contributed by atoms with Gasteiger partial charge in [0.2, 0.25) is 0 Å². The van der Waals surface area contributed by atoms with Gasteiger partial charge in [-0.25, -0.2) is 0 Å². The van der Waals surface area contributed by atoms with Gasteiger partial charge in [0.1, 0.15) is 0 Å². The summed E-state index contributed by atoms with van der Waals surface area (Å²) >= 11 is 0. The Bertz CT molecular complexity index is 1010. The van der Waals surface area contributed by atoms with Gasteiger partial charge in [0.15, 0.2) is 0 Å². The normalized spacial score (nSPS) is 19.5. The summed E-state index contributed by atoms with van der Waals surface area (Å²) in [6, 6.07) is 8.78. The van der Waals surface area contributed by atoms with E-state index in [4.69, 9.17) is 6.42 Å². The Kier molecular flexibility index (Phi) is 11.7. The molecular formula is C33H46N2. The summed E-state index contributed by atoms with van der Waals surface area (Å²) in [5.41, 5.74) is 8.92. The predicted molar refractivity (Wildman–Crippen MR) is 156 cm³/mol. The summed E-state index contributed by atoms with van der Waals surface area (Å²) in [5, 5.41) is 0. The predicted octanol–water partition coefficient (Wildman–Crippen LogP) is 8.32. The van der Waals surface area contributed by atoms with Crippen molar-refractivity contribution in [1.82, 2.24) is 9.80 Å². The fourth-order valence-corrected chi connectivity index (χ4v) is 4.73. The zero-order valence-electron chi connectivity index (χ0n) is 23.0. The Morgan fingerprint density at radius 2 is 1.77 bits per heavy atom. The van der Waals surface area contributed by atoms with Crippen LogP contribution in [0.2, 0.25) is 0 Å². The van der Waals surface area contributed by atoms with Crippen LogP contribution in [0.4, 0.5) is 0 Å². The second-order valence-electron chi connectivity index (χ2n) is 9.63. The number of likely N-dealkylation sites (N-methyl/N-ethyl adjacent to an activating group) is 2. The third-order valence-corrected chi connectivity index (χ3v) is 7.08. The van der Waals surface area contributed by atoms with Crippen LogP contribution in [-0.2, 0) is 0 Å². The zero-order chi connectivity index (χ0) is 25.8. The number of allylic oxidation sites excluding steroid dienone is 5. The highest BCUT2D eigenvalue weighted by molar-refractivity contribution is 5.73. The highest BCUT2D eigenvalue weighted by Crippen LogP contribution is 2.35. The minimum absolute atomic E-state index is 0.526. The molecule has 1 heterocycles. The molecule has 0 unspecified atom stereocenters. The minimum Gasteiger partial charge on any atom is -0.375 e. The quantitative estimate of drug-likeness (QED) is 0.237. The molecule has 1 aromatic carbocycles. The van der Waals surface area contributed by atoms with Crippen molar-refractivity contribution >= 4 is 12.2 Å². The van der Waals surface area contributed by atoms with Crippen molar-refractivity contribution < 1.29 is 0 Å². The molecule has 35 heavy (non-hydrogen) atoms. The Hall–Kier alpha value is -2.92. The number of benzene rings is 1. The molecule has 0 spiro atoms. The highest BCUT2D eigenvalue weighted by Gasteiger charge is 2.21. The Labute approximate surface area is 215 Å². The number of hydrogen-bond acceptors (Lipinski definition) is 2. The molecule has 0 fully saturated rings. The second-order valence-corrected chi connectivity index (χ2v) is 9.63. The first kappa shape index (κ1) is 28.3. The van der Waals surface area contributed by atoms with Crippen LogP contribution in [0.1, 0.15) is 77.3 Å². The van der Waals surface area contributed by atoms with Gasteiger partial charge in [-0.15, -0.1) is 12.3 Å². The molecule has 0 atom stereocenters. The molecule has 0 radical (unpaired) electrons. The smallest absolute Gasteiger partial charge is 0.0443 e. The standard InChI is InChI=1S/C33H46N2/c1-9-13-14-15-22-32-27(6)35(8)25-31(26(5)34(7)12-4)23-29-20-16-17-21-30(29)24-33(32)28(18-10-2)19-11-3/h1,15-17,20-24,28H,5,10-14,18-19,25H2,2-4,6-8H3/b22-15-,31-23+,32-27-,33-24+. The van der Waals surface area contributed by atoms with E-state index >= 15 is 0 Å². The van der Waals surface area contributed by atoms with Gasteiger partial charge in [0.25, 0.3) is 0 Å². The largest absolute Gasteiger partial charge is 0.375 e. The number of fused-ring (bicyclic) bond motifs is 1. The summed E-state index contributed by atoms with van der Waals surface area (Å²) in [6.07, 6.45) is 21.3. The van der Waals surface area contributed by atoms with Crippen molar-refractivity contribution in [1.29, 1.82) is 0 Å². The summed E-state index contributed by atoms with van der Waals surface area (Å²) in [4.78, 5) is 4.62. The van der Waals surface area contributed by atoms with Gasteiger partial charge in [-0.2, -0.15) is 0 Å². The molecule has 2 heteroatoms. The lowest BCUT2D eigenvalue weighted by Crippen LogP contribution is -2.26. The van der Waals surface area contributed by atoms with E-state index in [0.29, 0.717) is 5.92 Å². The summed E-state index contributed by atoms with van der Waals surface area (Å²) in [7, 11) is 4.33. The topological polar surface area (TPSA) is 6.48 Å². The first-order chi connectivity index (χ1) is 16.9. The fraction of sp³-hybridized carbons (Fsp3) is 0.455. The molecule has 1 aliphatic rings. The molecule has 2 rings (SSSR count). The molecular weight excluding hydrogens is 424 g/mol. The van der Waals surface area contributed by atoms with Crippen LogP contribution in [0, 0.1) is 18.3 Å². The maximum Gasteiger partial charge on any atom is 0.0443 e. The van der Waals surface area contributed by atoms with Crippen molar-refractivity contribution in [2.45, 2.75) is 66.2 Å². The zero-order valence-corrected chi connectivity index (χ0v) is 23.0. The Morgan fingerprint density at radius 1 is 1.14 bits per heavy atom. The van der Waals surface area contributed by atoms with Crippen molar-refractivity contribution in [2.75, 3.05) is 27.2 Å². The fourth-order valence-electron chi connectivity index (χ4n) is 4.73. The number of hydrogen-bond donors (Lipinski definition) is 0. The Balaban J connectivity index is 2.82. The van der Waals surface area contributed by atoms with E-state index in [1.54, 1.807) is 0 Å². The van der Waals surface area contributed by atoms with Crippen molar-refractivity contribution in [3.05, 3.63) is 82.2 Å². The van der Waals surface area contributed by atoms with Gasteiger partial charge < -0.3 is 9.80 Å². The monoisotopic (exact) mass is 470 g/mol. The van der Waals surface area contributed by atoms with Gasteiger partial charge in [0.05, 0.1) is 0 Å². The molecule has 0 aromatic heterocycles. The summed E-state index contributed by atoms with van der Waals surface area (Å²) in [5.74, 6) is 3.30. The third-order valence-electron chi connectivity index (χ3n) is 7.08. The van der Waals surface area contributed by atoms with Crippen molar-refractivity contribution in [3.8, 4) is 12.3 Å². The first-order valence-corrected chi connectivity index (χ1v) is 13.3. The molecule has 0 bridgehead atoms. The van der Waals surface area contributed by atoms with E-state index < -0.39 is 0 Å². The molecule has 0 aliphatic carbocycles. The number of unbranched alkanes of at least 4 members (excludes halogenated alkanes) is 1. The molecule has 1 aliphatic heterocycles. The lowest BCUT2D eigenvalue weighted by Gasteiger charge is -2.31. The second kappa shape index (κ2) is 14.5. The van der Waals surface area contributed by atoms with E-state index in [9.17, 15) is 0 Å². The van der Waals surface area contributed by atoms with Gasteiger partial charge in [-0.3, -0.25) is 0 Å². The van der Waals surface area contributed by atoms with Crippen molar-refractivity contribution in [2.24, 2.45) is 5.92 Å². The SMILES string of the molecule is C#CCC\C=C/C1=C(\C)N(C)C/C(C(=C)N(C)CC)=C\c2ccccc2\C=C\1C(CCC)CCC. The number of rotatable bonds is 11. The van der Waals surface area contributed by atoms with Crippen LogP contribution in [-0.4, -0.2) is 37.0 Å². The Morgan fingerprint density at radius 3 is 2.34 bits per heavy atom. The van der Waals surface area contributed by atoms with E-state index in [1.165, 1.54) is 59.2 Å². The molecule has 0 N–H and O–H groups in total. The van der Waals surface area contributed by atoms with E-state index in [1.807, 2.05) is 0 Å². The van der Waals surface area contributed by atoms with Crippen LogP contribution >= 0.6 is 0 Å². The van der Waals surface area contributed by atoms with Gasteiger partial charge in [-0.1, -0.05) is 75.8 Å². The van der Waals surface area contributed by atoms with E-state index in [0.717, 1.165) is 31.6 Å². The van der Waals surface area contributed by atoms with E-state index in [2.05, 4.69) is 113 Å². The van der Waals surface area contributed by atoms with Crippen LogP contribution < -0.4 is 0 Å². The van der Waals surface area contributed by atoms with Crippen molar-refractivity contribution in [3.63, 3.8) is 0 Å². The van der Waals surface area contributed by atoms with Crippen LogP contribution in [0.25, 0.3) is 12.2 Å². The van der Waals surface area contributed by atoms with Gasteiger partial charge in [-0.05, 0) is 73.0 Å². The van der Waals surface area contributed by atoms with Gasteiger partial charge in [0, 0.05) is 45.0 Å². The lowest BCUT2D eigenvalue weighted by atomic mass is 9.82. The van der Waals surface area contributed by atoms with Crippen LogP contribution in [0.5, 0.6) is 0 Å². The lowest BCUT2D eigenvalue weighted by molar-refractivity contribution is 0.415. The minimum atomic E-state index is 0.526. The average molecular weight is 471 g/mol. The number of nitrogens with zero attached hydrogens (tertiary/aromatic N) is 2. The number of terminal acetylenes is 1. The van der Waals surface area contributed by atoms with Gasteiger partial charge >= 0.3 is 0 Å². The molecule has 1 aromatic rings. The van der Waals surface area contributed by atoms with E-state index in [-0.39, 0.29) is 0 Å². The molecule has 2 nitrogen and oxygen atoms in total. The maximum absolute atomic E-state index is 5.53.